The molecule has 0 aromatic carbocycles. The summed E-state index contributed by atoms with van der Waals surface area (Å²) in [6.45, 7) is 4.36. The van der Waals surface area contributed by atoms with E-state index in [2.05, 4.69) is 46.1 Å². The molecule has 3 aliphatic rings. The van der Waals surface area contributed by atoms with Gasteiger partial charge in [-0.1, -0.05) is 25.7 Å². The van der Waals surface area contributed by atoms with E-state index >= 15 is 0 Å². The molecule has 0 bridgehead atoms. The molecule has 5 heteroatoms. The van der Waals surface area contributed by atoms with Crippen LogP contribution in [0.2, 0.25) is 0 Å². The second-order valence-electron chi connectivity index (χ2n) is 9.02. The maximum Gasteiger partial charge on any atom is 0.128 e. The van der Waals surface area contributed by atoms with E-state index in [-0.39, 0.29) is 0 Å². The Labute approximate surface area is 168 Å². The molecule has 0 amide bonds. The SMILES string of the molecule is CN1CCN(c2ccc(-c3cn(C4CCCCC4)nc3C3CCC3)cn2)CC1. The summed E-state index contributed by atoms with van der Waals surface area (Å²) in [5.41, 5.74) is 3.89. The predicted octanol–water partition coefficient (Wildman–Crippen LogP) is 4.47. The Morgan fingerprint density at radius 1 is 0.893 bits per heavy atom. The molecule has 1 aliphatic heterocycles. The van der Waals surface area contributed by atoms with Crippen molar-refractivity contribution in [1.82, 2.24) is 19.7 Å². The molecule has 3 heterocycles. The topological polar surface area (TPSA) is 37.2 Å². The van der Waals surface area contributed by atoms with Crippen LogP contribution in [-0.4, -0.2) is 52.9 Å². The average molecular weight is 380 g/mol. The van der Waals surface area contributed by atoms with E-state index in [9.17, 15) is 0 Å². The van der Waals surface area contributed by atoms with Crippen LogP contribution in [-0.2, 0) is 0 Å². The van der Waals surface area contributed by atoms with Gasteiger partial charge in [0.1, 0.15) is 5.82 Å². The van der Waals surface area contributed by atoms with Crippen molar-refractivity contribution < 1.29 is 0 Å². The second-order valence-corrected chi connectivity index (χ2v) is 9.02. The Bertz CT molecular complexity index is 778. The van der Waals surface area contributed by atoms with Crippen molar-refractivity contribution >= 4 is 5.82 Å². The van der Waals surface area contributed by atoms with E-state index < -0.39 is 0 Å². The Balaban J connectivity index is 1.40. The van der Waals surface area contributed by atoms with Crippen LogP contribution in [0.4, 0.5) is 5.82 Å². The van der Waals surface area contributed by atoms with E-state index in [1.54, 1.807) is 0 Å². The van der Waals surface area contributed by atoms with Gasteiger partial charge in [0.25, 0.3) is 0 Å². The summed E-state index contributed by atoms with van der Waals surface area (Å²) >= 11 is 0. The monoisotopic (exact) mass is 379 g/mol. The number of likely N-dealkylation sites (N-methyl/N-ethyl adjacent to an activating group) is 1. The van der Waals surface area contributed by atoms with Crippen LogP contribution in [0.1, 0.15) is 69.0 Å². The van der Waals surface area contributed by atoms with Gasteiger partial charge in [0.2, 0.25) is 0 Å². The molecule has 1 saturated heterocycles. The van der Waals surface area contributed by atoms with Gasteiger partial charge >= 0.3 is 0 Å². The summed E-state index contributed by atoms with van der Waals surface area (Å²) < 4.78 is 2.30. The molecule has 5 nitrogen and oxygen atoms in total. The highest BCUT2D eigenvalue weighted by Gasteiger charge is 2.28. The summed E-state index contributed by atoms with van der Waals surface area (Å²) in [6, 6.07) is 5.08. The van der Waals surface area contributed by atoms with Gasteiger partial charge in [0.05, 0.1) is 11.7 Å². The fourth-order valence-corrected chi connectivity index (χ4v) is 4.91. The second kappa shape index (κ2) is 7.86. The number of pyridine rings is 1. The van der Waals surface area contributed by atoms with Crippen LogP contribution in [0.3, 0.4) is 0 Å². The first kappa shape index (κ1) is 18.2. The molecule has 150 valence electrons. The van der Waals surface area contributed by atoms with Gasteiger partial charge in [0, 0.05) is 55.6 Å². The summed E-state index contributed by atoms with van der Waals surface area (Å²) in [5, 5.41) is 5.13. The van der Waals surface area contributed by atoms with Crippen molar-refractivity contribution in [2.45, 2.75) is 63.3 Å². The van der Waals surface area contributed by atoms with Gasteiger partial charge < -0.3 is 9.80 Å². The average Bonchev–Trinajstić information content (AvgIpc) is 3.13. The van der Waals surface area contributed by atoms with Gasteiger partial charge in [-0.2, -0.15) is 5.10 Å². The lowest BCUT2D eigenvalue weighted by Gasteiger charge is -2.33. The number of anilines is 1. The first-order valence-corrected chi connectivity index (χ1v) is 11.3. The van der Waals surface area contributed by atoms with Crippen molar-refractivity contribution in [3.05, 3.63) is 30.2 Å². The first-order chi connectivity index (χ1) is 13.8. The maximum atomic E-state index is 5.13. The van der Waals surface area contributed by atoms with Crippen LogP contribution in [0.25, 0.3) is 11.1 Å². The molecule has 0 N–H and O–H groups in total. The quantitative estimate of drug-likeness (QED) is 0.785. The molecule has 2 aliphatic carbocycles. The van der Waals surface area contributed by atoms with Crippen LogP contribution in [0.15, 0.2) is 24.5 Å². The fourth-order valence-electron chi connectivity index (χ4n) is 4.91. The number of hydrogen-bond acceptors (Lipinski definition) is 4. The predicted molar refractivity (Wildman–Crippen MR) is 114 cm³/mol. The molecule has 2 saturated carbocycles. The highest BCUT2D eigenvalue weighted by atomic mass is 15.3. The number of hydrogen-bond donors (Lipinski definition) is 0. The van der Waals surface area contributed by atoms with Crippen molar-refractivity contribution in [3.8, 4) is 11.1 Å². The van der Waals surface area contributed by atoms with Crippen molar-refractivity contribution in [2.75, 3.05) is 38.1 Å². The van der Waals surface area contributed by atoms with E-state index in [0.29, 0.717) is 12.0 Å². The molecule has 2 aromatic heterocycles. The molecule has 0 radical (unpaired) electrons. The molecule has 2 aromatic rings. The van der Waals surface area contributed by atoms with Crippen molar-refractivity contribution in [2.24, 2.45) is 0 Å². The van der Waals surface area contributed by atoms with E-state index in [0.717, 1.165) is 32.0 Å². The molecular formula is C23H33N5. The zero-order chi connectivity index (χ0) is 18.9. The lowest BCUT2D eigenvalue weighted by molar-refractivity contribution is 0.312. The highest BCUT2D eigenvalue weighted by molar-refractivity contribution is 5.66. The molecule has 5 rings (SSSR count). The lowest BCUT2D eigenvalue weighted by atomic mass is 9.81. The number of aromatic nitrogens is 3. The van der Waals surface area contributed by atoms with Crippen LogP contribution < -0.4 is 4.90 Å². The zero-order valence-electron chi connectivity index (χ0n) is 17.2. The third kappa shape index (κ3) is 3.57. The number of rotatable bonds is 4. The van der Waals surface area contributed by atoms with E-state index in [1.165, 1.54) is 68.2 Å². The van der Waals surface area contributed by atoms with Gasteiger partial charge in [0.15, 0.2) is 0 Å². The normalized spacial score (nSPS) is 22.4. The van der Waals surface area contributed by atoms with Gasteiger partial charge in [-0.25, -0.2) is 4.98 Å². The Morgan fingerprint density at radius 3 is 2.32 bits per heavy atom. The maximum absolute atomic E-state index is 5.13. The third-order valence-electron chi connectivity index (χ3n) is 7.09. The van der Waals surface area contributed by atoms with Gasteiger partial charge in [-0.05, 0) is 44.9 Å². The van der Waals surface area contributed by atoms with Gasteiger partial charge in [-0.15, -0.1) is 0 Å². The van der Waals surface area contributed by atoms with E-state index in [1.807, 2.05) is 0 Å². The molecule has 28 heavy (non-hydrogen) atoms. The molecule has 0 unspecified atom stereocenters. The summed E-state index contributed by atoms with van der Waals surface area (Å²) in [7, 11) is 2.19. The fraction of sp³-hybridized carbons (Fsp3) is 0.652. The van der Waals surface area contributed by atoms with Crippen LogP contribution in [0, 0.1) is 0 Å². The highest BCUT2D eigenvalue weighted by Crippen LogP contribution is 2.41. The van der Waals surface area contributed by atoms with Crippen LogP contribution in [0.5, 0.6) is 0 Å². The van der Waals surface area contributed by atoms with E-state index in [4.69, 9.17) is 10.1 Å². The van der Waals surface area contributed by atoms with Crippen molar-refractivity contribution in [1.29, 1.82) is 0 Å². The minimum atomic E-state index is 0.596. The zero-order valence-corrected chi connectivity index (χ0v) is 17.2. The smallest absolute Gasteiger partial charge is 0.128 e. The minimum absolute atomic E-state index is 0.596. The standard InChI is InChI=1S/C23H33N5/c1-26-12-14-27(15-13-26)22-11-10-19(16-24-22)21-17-28(20-8-3-2-4-9-20)25-23(21)18-6-5-7-18/h10-11,16-18,20H,2-9,12-15H2,1H3. The first-order valence-electron chi connectivity index (χ1n) is 11.3. The summed E-state index contributed by atoms with van der Waals surface area (Å²) in [5.74, 6) is 1.76. The Hall–Kier alpha value is -1.88. The Morgan fingerprint density at radius 2 is 1.68 bits per heavy atom. The third-order valence-corrected chi connectivity index (χ3v) is 7.09. The summed E-state index contributed by atoms with van der Waals surface area (Å²) in [4.78, 5) is 9.63. The van der Waals surface area contributed by atoms with Gasteiger partial charge in [-0.3, -0.25) is 4.68 Å². The molecule has 0 spiro atoms. The Kier molecular flexibility index (Phi) is 5.10. The van der Waals surface area contributed by atoms with Crippen molar-refractivity contribution in [3.63, 3.8) is 0 Å². The number of piperazine rings is 1. The lowest BCUT2D eigenvalue weighted by Crippen LogP contribution is -2.44. The number of nitrogens with zero attached hydrogens (tertiary/aromatic N) is 5. The summed E-state index contributed by atoms with van der Waals surface area (Å²) in [6.07, 6.45) is 15.0. The minimum Gasteiger partial charge on any atom is -0.354 e. The largest absolute Gasteiger partial charge is 0.354 e. The molecular weight excluding hydrogens is 346 g/mol. The molecule has 3 fully saturated rings. The molecule has 0 atom stereocenters. The van der Waals surface area contributed by atoms with Crippen LogP contribution >= 0.6 is 0 Å².